The summed E-state index contributed by atoms with van der Waals surface area (Å²) in [5.41, 5.74) is 1.95. The summed E-state index contributed by atoms with van der Waals surface area (Å²) in [7, 11) is 0. The summed E-state index contributed by atoms with van der Waals surface area (Å²) >= 11 is 0. The number of fused-ring (bicyclic) bond motifs is 1. The molecule has 7 heteroatoms. The maximum atomic E-state index is 12.3. The Hall–Kier alpha value is -2.44. The predicted octanol–water partition coefficient (Wildman–Crippen LogP) is 1.92. The fourth-order valence-corrected chi connectivity index (χ4v) is 2.25. The predicted molar refractivity (Wildman–Crippen MR) is 81.9 cm³/mol. The molecule has 0 saturated carbocycles. The minimum atomic E-state index is -0.866. The summed E-state index contributed by atoms with van der Waals surface area (Å²) in [6.07, 6.45) is 2.09. The number of carbonyl (C=O) groups excluding carboxylic acids is 1. The van der Waals surface area contributed by atoms with Crippen LogP contribution in [0, 0.1) is 6.92 Å². The van der Waals surface area contributed by atoms with Crippen LogP contribution in [0.5, 0.6) is 0 Å². The van der Waals surface area contributed by atoms with Crippen LogP contribution in [0.25, 0.3) is 11.0 Å². The van der Waals surface area contributed by atoms with Crippen LogP contribution in [0.1, 0.15) is 48.8 Å². The normalized spacial score (nSPS) is 11.1. The molecule has 0 atom stereocenters. The quantitative estimate of drug-likeness (QED) is 0.795. The van der Waals surface area contributed by atoms with E-state index >= 15 is 0 Å². The van der Waals surface area contributed by atoms with Crippen LogP contribution < -0.4 is 5.32 Å². The lowest BCUT2D eigenvalue weighted by Gasteiger charge is -2.09. The van der Waals surface area contributed by atoms with Gasteiger partial charge in [-0.1, -0.05) is 0 Å². The molecule has 2 heterocycles. The second-order valence-electron chi connectivity index (χ2n) is 5.48. The molecule has 7 nitrogen and oxygen atoms in total. The van der Waals surface area contributed by atoms with Gasteiger partial charge in [-0.3, -0.25) is 9.59 Å². The maximum absolute atomic E-state index is 12.3. The summed E-state index contributed by atoms with van der Waals surface area (Å²) in [5, 5.41) is 16.3. The smallest absolute Gasteiger partial charge is 0.303 e. The van der Waals surface area contributed by atoms with E-state index in [0.717, 1.165) is 5.69 Å². The Morgan fingerprint density at radius 2 is 2.14 bits per heavy atom. The Bertz CT molecular complexity index is 706. The Kier molecular flexibility index (Phi) is 4.75. The van der Waals surface area contributed by atoms with Crippen LogP contribution >= 0.6 is 0 Å². The molecular weight excluding hydrogens is 284 g/mol. The van der Waals surface area contributed by atoms with Gasteiger partial charge in [0, 0.05) is 24.7 Å². The summed E-state index contributed by atoms with van der Waals surface area (Å²) in [6.45, 7) is 6.16. The highest BCUT2D eigenvalue weighted by molar-refractivity contribution is 6.05. The lowest BCUT2D eigenvalue weighted by Crippen LogP contribution is -2.25. The SMILES string of the molecule is Cc1cc(C(=O)NCCCC(=O)O)c2cnn(C(C)C)c2n1. The third-order valence-electron chi connectivity index (χ3n) is 3.28. The highest BCUT2D eigenvalue weighted by Gasteiger charge is 2.16. The van der Waals surface area contributed by atoms with Gasteiger partial charge in [-0.2, -0.15) is 5.10 Å². The number of carboxylic acids is 1. The highest BCUT2D eigenvalue weighted by Crippen LogP contribution is 2.20. The number of aliphatic carboxylic acids is 1. The zero-order valence-corrected chi connectivity index (χ0v) is 13.0. The molecule has 0 aliphatic rings. The Labute approximate surface area is 128 Å². The third-order valence-corrected chi connectivity index (χ3v) is 3.28. The van der Waals surface area contributed by atoms with E-state index in [1.54, 1.807) is 16.9 Å². The molecule has 0 unspecified atom stereocenters. The van der Waals surface area contributed by atoms with Crippen molar-refractivity contribution in [1.82, 2.24) is 20.1 Å². The van der Waals surface area contributed by atoms with Gasteiger partial charge >= 0.3 is 5.97 Å². The van der Waals surface area contributed by atoms with Crippen molar-refractivity contribution >= 4 is 22.9 Å². The van der Waals surface area contributed by atoms with Crippen molar-refractivity contribution in [2.75, 3.05) is 6.54 Å². The van der Waals surface area contributed by atoms with E-state index in [1.165, 1.54) is 0 Å². The fourth-order valence-electron chi connectivity index (χ4n) is 2.25. The van der Waals surface area contributed by atoms with E-state index in [0.29, 0.717) is 29.6 Å². The van der Waals surface area contributed by atoms with Gasteiger partial charge in [0.05, 0.1) is 17.1 Å². The first-order chi connectivity index (χ1) is 10.4. The van der Waals surface area contributed by atoms with E-state index in [1.807, 2.05) is 20.8 Å². The second-order valence-corrected chi connectivity index (χ2v) is 5.48. The topological polar surface area (TPSA) is 97.1 Å². The van der Waals surface area contributed by atoms with Crippen LogP contribution in [-0.2, 0) is 4.79 Å². The average molecular weight is 304 g/mol. The molecule has 1 amide bonds. The first kappa shape index (κ1) is 15.9. The van der Waals surface area contributed by atoms with Gasteiger partial charge < -0.3 is 10.4 Å². The van der Waals surface area contributed by atoms with Crippen molar-refractivity contribution in [2.24, 2.45) is 0 Å². The molecular formula is C15H20N4O3. The lowest BCUT2D eigenvalue weighted by atomic mass is 10.1. The first-order valence-corrected chi connectivity index (χ1v) is 7.25. The summed E-state index contributed by atoms with van der Waals surface area (Å²) in [5.74, 6) is -1.10. The van der Waals surface area contributed by atoms with Crippen molar-refractivity contribution in [3.05, 3.63) is 23.5 Å². The Morgan fingerprint density at radius 1 is 1.41 bits per heavy atom. The molecule has 0 aliphatic carbocycles. The Morgan fingerprint density at radius 3 is 2.77 bits per heavy atom. The molecule has 0 fully saturated rings. The molecule has 2 aromatic heterocycles. The number of hydrogen-bond donors (Lipinski definition) is 2. The van der Waals surface area contributed by atoms with Crippen molar-refractivity contribution in [1.29, 1.82) is 0 Å². The molecule has 0 aromatic carbocycles. The maximum Gasteiger partial charge on any atom is 0.303 e. The number of pyridine rings is 1. The second kappa shape index (κ2) is 6.55. The summed E-state index contributed by atoms with van der Waals surface area (Å²) in [4.78, 5) is 27.2. The molecule has 0 saturated heterocycles. The van der Waals surface area contributed by atoms with Crippen molar-refractivity contribution in [2.45, 2.75) is 39.7 Å². The fraction of sp³-hybridized carbons (Fsp3) is 0.467. The van der Waals surface area contributed by atoms with Crippen LogP contribution in [0.15, 0.2) is 12.3 Å². The molecule has 2 N–H and O–H groups in total. The van der Waals surface area contributed by atoms with Gasteiger partial charge in [0.15, 0.2) is 5.65 Å². The molecule has 2 rings (SSSR count). The number of nitrogens with zero attached hydrogens (tertiary/aromatic N) is 3. The van der Waals surface area contributed by atoms with Gasteiger partial charge in [-0.05, 0) is 33.3 Å². The van der Waals surface area contributed by atoms with Gasteiger partial charge in [-0.25, -0.2) is 9.67 Å². The molecule has 0 bridgehead atoms. The van der Waals surface area contributed by atoms with Crippen molar-refractivity contribution in [3.63, 3.8) is 0 Å². The number of rotatable bonds is 6. The van der Waals surface area contributed by atoms with E-state index in [-0.39, 0.29) is 18.4 Å². The first-order valence-electron chi connectivity index (χ1n) is 7.25. The van der Waals surface area contributed by atoms with Crippen LogP contribution in [-0.4, -0.2) is 38.3 Å². The number of carbonyl (C=O) groups is 2. The van der Waals surface area contributed by atoms with Crippen LogP contribution in [0.4, 0.5) is 0 Å². The molecule has 118 valence electrons. The third kappa shape index (κ3) is 3.41. The van der Waals surface area contributed by atoms with E-state index < -0.39 is 5.97 Å². The molecule has 0 radical (unpaired) electrons. The van der Waals surface area contributed by atoms with E-state index in [9.17, 15) is 9.59 Å². The Balaban J connectivity index is 2.23. The standard InChI is InChI=1S/C15H20N4O3/c1-9(2)19-14-12(8-17-19)11(7-10(3)18-14)15(22)16-6-4-5-13(20)21/h7-9H,4-6H2,1-3H3,(H,16,22)(H,20,21). The number of hydrogen-bond acceptors (Lipinski definition) is 4. The van der Waals surface area contributed by atoms with Crippen LogP contribution in [0.2, 0.25) is 0 Å². The summed E-state index contributed by atoms with van der Waals surface area (Å²) in [6, 6.07) is 1.87. The molecule has 0 spiro atoms. The minimum absolute atomic E-state index is 0.0380. The largest absolute Gasteiger partial charge is 0.481 e. The zero-order valence-electron chi connectivity index (χ0n) is 13.0. The van der Waals surface area contributed by atoms with Crippen molar-refractivity contribution in [3.8, 4) is 0 Å². The number of carboxylic acid groups (broad SMARTS) is 1. The molecule has 22 heavy (non-hydrogen) atoms. The number of nitrogens with one attached hydrogen (secondary N) is 1. The van der Waals surface area contributed by atoms with Gasteiger partial charge in [0.1, 0.15) is 0 Å². The number of aromatic nitrogens is 3. The molecule has 2 aromatic rings. The van der Waals surface area contributed by atoms with E-state index in [4.69, 9.17) is 5.11 Å². The van der Waals surface area contributed by atoms with Crippen molar-refractivity contribution < 1.29 is 14.7 Å². The summed E-state index contributed by atoms with van der Waals surface area (Å²) < 4.78 is 1.78. The number of aryl methyl sites for hydroxylation is 1. The van der Waals surface area contributed by atoms with Gasteiger partial charge in [0.2, 0.25) is 0 Å². The molecule has 0 aliphatic heterocycles. The van der Waals surface area contributed by atoms with E-state index in [2.05, 4.69) is 15.4 Å². The zero-order chi connectivity index (χ0) is 16.3. The highest BCUT2D eigenvalue weighted by atomic mass is 16.4. The lowest BCUT2D eigenvalue weighted by molar-refractivity contribution is -0.137. The van der Waals surface area contributed by atoms with Crippen LogP contribution in [0.3, 0.4) is 0 Å². The minimum Gasteiger partial charge on any atom is -0.481 e. The number of amides is 1. The average Bonchev–Trinajstić information content (AvgIpc) is 2.85. The monoisotopic (exact) mass is 304 g/mol. The van der Waals surface area contributed by atoms with Gasteiger partial charge in [0.25, 0.3) is 5.91 Å². The van der Waals surface area contributed by atoms with Gasteiger partial charge in [-0.15, -0.1) is 0 Å².